The molecule has 0 radical (unpaired) electrons. The zero-order valence-electron chi connectivity index (χ0n) is 12.3. The second-order valence-corrected chi connectivity index (χ2v) is 8.06. The van der Waals surface area contributed by atoms with E-state index in [4.69, 9.17) is 0 Å². The maximum Gasteiger partial charge on any atom is 0.00747 e. The lowest BCUT2D eigenvalue weighted by Gasteiger charge is -2.40. The first kappa shape index (κ1) is 13.4. The second-order valence-electron chi connectivity index (χ2n) is 8.06. The lowest BCUT2D eigenvalue weighted by atomic mass is 9.73. The topological polar surface area (TPSA) is 12.0 Å². The monoisotopic (exact) mass is 237 g/mol. The van der Waals surface area contributed by atoms with Crippen LogP contribution in [0.4, 0.5) is 0 Å². The summed E-state index contributed by atoms with van der Waals surface area (Å²) in [7, 11) is 0. The molecule has 100 valence electrons. The van der Waals surface area contributed by atoms with Gasteiger partial charge in [0, 0.05) is 12.1 Å². The van der Waals surface area contributed by atoms with Crippen LogP contribution in [0.5, 0.6) is 0 Å². The molecule has 1 nitrogen and oxygen atoms in total. The maximum atomic E-state index is 3.95. The summed E-state index contributed by atoms with van der Waals surface area (Å²) in [5, 5.41) is 3.95. The van der Waals surface area contributed by atoms with Crippen LogP contribution in [0.15, 0.2) is 0 Å². The van der Waals surface area contributed by atoms with Gasteiger partial charge in [-0.2, -0.15) is 0 Å². The Balaban J connectivity index is 1.78. The second kappa shape index (κ2) is 4.91. The lowest BCUT2D eigenvalue weighted by molar-refractivity contribution is 0.155. The summed E-state index contributed by atoms with van der Waals surface area (Å²) in [5.74, 6) is 0. The molecule has 2 aliphatic carbocycles. The van der Waals surface area contributed by atoms with Gasteiger partial charge in [0.2, 0.25) is 0 Å². The van der Waals surface area contributed by atoms with Crippen molar-refractivity contribution in [3.05, 3.63) is 0 Å². The first-order valence-corrected chi connectivity index (χ1v) is 7.62. The van der Waals surface area contributed by atoms with Crippen LogP contribution in [-0.2, 0) is 0 Å². The van der Waals surface area contributed by atoms with Gasteiger partial charge in [-0.1, -0.05) is 34.1 Å². The fraction of sp³-hybridized carbons (Fsp3) is 1.00. The first-order valence-electron chi connectivity index (χ1n) is 7.62. The van der Waals surface area contributed by atoms with Gasteiger partial charge in [0.15, 0.2) is 0 Å². The van der Waals surface area contributed by atoms with E-state index in [0.29, 0.717) is 10.8 Å². The fourth-order valence-electron chi connectivity index (χ4n) is 3.74. The fourth-order valence-corrected chi connectivity index (χ4v) is 3.74. The summed E-state index contributed by atoms with van der Waals surface area (Å²) in [6.45, 7) is 9.72. The molecule has 0 aliphatic heterocycles. The van der Waals surface area contributed by atoms with Gasteiger partial charge in [-0.15, -0.1) is 0 Å². The van der Waals surface area contributed by atoms with Crippen LogP contribution in [0.2, 0.25) is 0 Å². The molecule has 0 bridgehead atoms. The van der Waals surface area contributed by atoms with Gasteiger partial charge >= 0.3 is 0 Å². The average molecular weight is 237 g/mol. The van der Waals surface area contributed by atoms with Crippen molar-refractivity contribution in [1.82, 2.24) is 5.32 Å². The highest BCUT2D eigenvalue weighted by Crippen LogP contribution is 2.38. The number of nitrogens with one attached hydrogen (secondary N) is 1. The molecule has 0 aromatic heterocycles. The third-order valence-corrected chi connectivity index (χ3v) is 5.02. The van der Waals surface area contributed by atoms with Crippen LogP contribution in [0.1, 0.15) is 79.1 Å². The van der Waals surface area contributed by atoms with Crippen molar-refractivity contribution in [3.63, 3.8) is 0 Å². The molecule has 17 heavy (non-hydrogen) atoms. The first-order chi connectivity index (χ1) is 7.86. The maximum absolute atomic E-state index is 3.95. The van der Waals surface area contributed by atoms with Gasteiger partial charge in [-0.05, 0) is 55.8 Å². The summed E-state index contributed by atoms with van der Waals surface area (Å²) in [6, 6.07) is 1.60. The zero-order chi connectivity index (χ0) is 12.5. The Labute approximate surface area is 108 Å². The predicted octanol–water partition coefficient (Wildman–Crippen LogP) is 4.51. The molecule has 2 aliphatic rings. The summed E-state index contributed by atoms with van der Waals surface area (Å²) in [5.41, 5.74) is 1.17. The molecule has 1 atom stereocenters. The average Bonchev–Trinajstić information content (AvgIpc) is 2.20. The van der Waals surface area contributed by atoms with E-state index in [1.54, 1.807) is 0 Å². The molecular formula is C16H31N. The molecule has 0 saturated heterocycles. The third-order valence-electron chi connectivity index (χ3n) is 5.02. The van der Waals surface area contributed by atoms with E-state index in [2.05, 4.69) is 33.0 Å². The normalized spacial score (nSPS) is 33.5. The summed E-state index contributed by atoms with van der Waals surface area (Å²) < 4.78 is 0. The standard InChI is InChI=1S/C16H31N/c1-15(2)10-7-13(8-11-15)17-14-6-5-9-16(3,4)12-14/h13-14,17H,5-12H2,1-4H3. The Bertz CT molecular complexity index is 244. The van der Waals surface area contributed by atoms with Crippen molar-refractivity contribution in [2.45, 2.75) is 91.1 Å². The quantitative estimate of drug-likeness (QED) is 0.745. The number of hydrogen-bond donors (Lipinski definition) is 1. The van der Waals surface area contributed by atoms with E-state index in [1.807, 2.05) is 0 Å². The van der Waals surface area contributed by atoms with Gasteiger partial charge < -0.3 is 5.32 Å². The van der Waals surface area contributed by atoms with E-state index in [9.17, 15) is 0 Å². The predicted molar refractivity (Wildman–Crippen MR) is 75.2 cm³/mol. The molecule has 0 amide bonds. The van der Waals surface area contributed by atoms with Crippen LogP contribution in [-0.4, -0.2) is 12.1 Å². The zero-order valence-corrected chi connectivity index (χ0v) is 12.3. The third kappa shape index (κ3) is 3.98. The van der Waals surface area contributed by atoms with Crippen LogP contribution in [0.3, 0.4) is 0 Å². The SMILES string of the molecule is CC1(C)CCC(NC2CCCC(C)(C)C2)CC1. The number of hydrogen-bond acceptors (Lipinski definition) is 1. The highest BCUT2D eigenvalue weighted by atomic mass is 15.0. The Hall–Kier alpha value is -0.0400. The highest BCUT2D eigenvalue weighted by Gasteiger charge is 2.31. The molecule has 2 fully saturated rings. The minimum atomic E-state index is 0.573. The van der Waals surface area contributed by atoms with Gasteiger partial charge in [0.1, 0.15) is 0 Å². The van der Waals surface area contributed by atoms with Crippen LogP contribution in [0, 0.1) is 10.8 Å². The van der Waals surface area contributed by atoms with Gasteiger partial charge in [-0.3, -0.25) is 0 Å². The molecular weight excluding hydrogens is 206 g/mol. The van der Waals surface area contributed by atoms with Crippen molar-refractivity contribution >= 4 is 0 Å². The van der Waals surface area contributed by atoms with E-state index in [0.717, 1.165) is 12.1 Å². The smallest absolute Gasteiger partial charge is 0.00747 e. The molecule has 2 saturated carbocycles. The molecule has 2 rings (SSSR count). The van der Waals surface area contributed by atoms with E-state index in [-0.39, 0.29) is 0 Å². The van der Waals surface area contributed by atoms with E-state index < -0.39 is 0 Å². The number of rotatable bonds is 2. The van der Waals surface area contributed by atoms with Crippen LogP contribution < -0.4 is 5.32 Å². The van der Waals surface area contributed by atoms with Crippen molar-refractivity contribution in [3.8, 4) is 0 Å². The molecule has 0 heterocycles. The van der Waals surface area contributed by atoms with Gasteiger partial charge in [0.25, 0.3) is 0 Å². The Morgan fingerprint density at radius 2 is 1.41 bits per heavy atom. The van der Waals surface area contributed by atoms with Crippen LogP contribution in [0.25, 0.3) is 0 Å². The molecule has 0 aromatic rings. The van der Waals surface area contributed by atoms with Gasteiger partial charge in [-0.25, -0.2) is 0 Å². The Kier molecular flexibility index (Phi) is 3.87. The van der Waals surface area contributed by atoms with Crippen molar-refractivity contribution < 1.29 is 0 Å². The highest BCUT2D eigenvalue weighted by molar-refractivity contribution is 4.88. The minimum Gasteiger partial charge on any atom is -0.311 e. The van der Waals surface area contributed by atoms with Gasteiger partial charge in [0.05, 0.1) is 0 Å². The molecule has 1 N–H and O–H groups in total. The van der Waals surface area contributed by atoms with Crippen molar-refractivity contribution in [1.29, 1.82) is 0 Å². The minimum absolute atomic E-state index is 0.573. The lowest BCUT2D eigenvalue weighted by Crippen LogP contribution is -2.45. The molecule has 0 aromatic carbocycles. The van der Waals surface area contributed by atoms with E-state index in [1.165, 1.54) is 51.4 Å². The van der Waals surface area contributed by atoms with Crippen LogP contribution >= 0.6 is 0 Å². The summed E-state index contributed by atoms with van der Waals surface area (Å²) in [4.78, 5) is 0. The Morgan fingerprint density at radius 1 is 0.765 bits per heavy atom. The van der Waals surface area contributed by atoms with Crippen molar-refractivity contribution in [2.75, 3.05) is 0 Å². The van der Waals surface area contributed by atoms with E-state index >= 15 is 0 Å². The van der Waals surface area contributed by atoms with Crippen molar-refractivity contribution in [2.24, 2.45) is 10.8 Å². The molecule has 1 heteroatoms. The summed E-state index contributed by atoms with van der Waals surface area (Å²) in [6.07, 6.45) is 11.2. The largest absolute Gasteiger partial charge is 0.311 e. The molecule has 1 unspecified atom stereocenters. The molecule has 0 spiro atoms. The Morgan fingerprint density at radius 3 is 2.00 bits per heavy atom. The summed E-state index contributed by atoms with van der Waals surface area (Å²) >= 11 is 0.